The lowest BCUT2D eigenvalue weighted by Gasteiger charge is -2.07. The summed E-state index contributed by atoms with van der Waals surface area (Å²) in [4.78, 5) is 11.9. The average molecular weight is 373 g/mol. The number of amides is 1. The van der Waals surface area contributed by atoms with E-state index in [1.165, 1.54) is 24.3 Å². The van der Waals surface area contributed by atoms with E-state index >= 15 is 0 Å². The third-order valence-corrected chi connectivity index (χ3v) is 3.44. The monoisotopic (exact) mass is 371 g/mol. The van der Waals surface area contributed by atoms with E-state index in [0.717, 1.165) is 8.95 Å². The van der Waals surface area contributed by atoms with Crippen molar-refractivity contribution in [3.05, 3.63) is 62.8 Å². The minimum atomic E-state index is -0.364. The van der Waals surface area contributed by atoms with Gasteiger partial charge >= 0.3 is 0 Å². The van der Waals surface area contributed by atoms with Gasteiger partial charge in [-0.1, -0.05) is 15.9 Å². The van der Waals surface area contributed by atoms with Crippen LogP contribution in [-0.2, 0) is 0 Å². The number of benzene rings is 2. The summed E-state index contributed by atoms with van der Waals surface area (Å²) in [5.74, 6) is -0.644. The summed E-state index contributed by atoms with van der Waals surface area (Å²) in [5, 5.41) is 2.74. The summed E-state index contributed by atoms with van der Waals surface area (Å²) in [5.41, 5.74) is 1.07. The molecule has 0 unspecified atom stereocenters. The number of hydrogen-bond donors (Lipinski definition) is 1. The zero-order valence-corrected chi connectivity index (χ0v) is 12.3. The van der Waals surface area contributed by atoms with Crippen LogP contribution >= 0.6 is 31.9 Å². The molecule has 2 aromatic rings. The van der Waals surface area contributed by atoms with Gasteiger partial charge in [-0.05, 0) is 58.4 Å². The number of carbonyl (C=O) groups excluding carboxylic acids is 1. The Morgan fingerprint density at radius 2 is 1.72 bits per heavy atom. The van der Waals surface area contributed by atoms with E-state index in [9.17, 15) is 9.18 Å². The Kier molecular flexibility index (Phi) is 4.14. The number of rotatable bonds is 2. The molecule has 0 aliphatic carbocycles. The first kappa shape index (κ1) is 13.2. The van der Waals surface area contributed by atoms with Gasteiger partial charge < -0.3 is 5.32 Å². The highest BCUT2D eigenvalue weighted by molar-refractivity contribution is 9.11. The molecule has 0 atom stereocenters. The zero-order valence-electron chi connectivity index (χ0n) is 9.08. The summed E-state index contributed by atoms with van der Waals surface area (Å²) in [6, 6.07) is 10.8. The van der Waals surface area contributed by atoms with Crippen molar-refractivity contribution >= 4 is 43.5 Å². The van der Waals surface area contributed by atoms with Gasteiger partial charge in [0, 0.05) is 14.5 Å². The highest BCUT2D eigenvalue weighted by Gasteiger charge is 2.08. The normalized spacial score (nSPS) is 10.2. The van der Waals surface area contributed by atoms with E-state index in [-0.39, 0.29) is 11.7 Å². The standard InChI is InChI=1S/C13H8Br2FNO/c14-9-3-6-12(11(15)7-9)17-13(18)8-1-4-10(16)5-2-8/h1-7H,(H,17,18). The molecule has 0 spiro atoms. The number of anilines is 1. The van der Waals surface area contributed by atoms with Crippen molar-refractivity contribution < 1.29 is 9.18 Å². The van der Waals surface area contributed by atoms with Crippen LogP contribution in [0.4, 0.5) is 10.1 Å². The Labute approximate surface area is 120 Å². The summed E-state index contributed by atoms with van der Waals surface area (Å²) in [6.07, 6.45) is 0. The molecule has 0 saturated heterocycles. The Hall–Kier alpha value is -1.20. The molecule has 2 aromatic carbocycles. The van der Waals surface area contributed by atoms with Crippen molar-refractivity contribution in [2.24, 2.45) is 0 Å². The van der Waals surface area contributed by atoms with Gasteiger partial charge in [0.1, 0.15) is 5.82 Å². The van der Waals surface area contributed by atoms with Gasteiger partial charge in [0.2, 0.25) is 0 Å². The van der Waals surface area contributed by atoms with Gasteiger partial charge in [0.05, 0.1) is 5.69 Å². The van der Waals surface area contributed by atoms with Crippen LogP contribution in [0.25, 0.3) is 0 Å². The summed E-state index contributed by atoms with van der Waals surface area (Å²) >= 11 is 6.69. The minimum absolute atomic E-state index is 0.280. The molecule has 2 nitrogen and oxygen atoms in total. The fraction of sp³-hybridized carbons (Fsp3) is 0. The first-order chi connectivity index (χ1) is 8.56. The van der Waals surface area contributed by atoms with Gasteiger partial charge in [0.15, 0.2) is 0 Å². The third kappa shape index (κ3) is 3.17. The van der Waals surface area contributed by atoms with E-state index < -0.39 is 0 Å². The lowest BCUT2D eigenvalue weighted by molar-refractivity contribution is 0.102. The van der Waals surface area contributed by atoms with E-state index in [4.69, 9.17) is 0 Å². The molecule has 0 fully saturated rings. The number of halogens is 3. The van der Waals surface area contributed by atoms with Gasteiger partial charge in [-0.2, -0.15) is 0 Å². The van der Waals surface area contributed by atoms with Crippen molar-refractivity contribution in [1.29, 1.82) is 0 Å². The highest BCUT2D eigenvalue weighted by atomic mass is 79.9. The molecule has 5 heteroatoms. The lowest BCUT2D eigenvalue weighted by Crippen LogP contribution is -2.12. The molecule has 18 heavy (non-hydrogen) atoms. The third-order valence-electron chi connectivity index (χ3n) is 2.29. The maximum absolute atomic E-state index is 12.7. The molecular formula is C13H8Br2FNO. The molecular weight excluding hydrogens is 365 g/mol. The van der Waals surface area contributed by atoms with Gasteiger partial charge in [-0.25, -0.2) is 4.39 Å². The average Bonchev–Trinajstić information content (AvgIpc) is 2.33. The molecule has 0 heterocycles. The van der Waals surface area contributed by atoms with Crippen molar-refractivity contribution in [3.63, 3.8) is 0 Å². The van der Waals surface area contributed by atoms with Crippen LogP contribution in [0.1, 0.15) is 10.4 Å². The van der Waals surface area contributed by atoms with Crippen molar-refractivity contribution in [2.45, 2.75) is 0 Å². The van der Waals surface area contributed by atoms with Crippen molar-refractivity contribution in [1.82, 2.24) is 0 Å². The Morgan fingerprint density at radius 3 is 2.33 bits per heavy atom. The van der Waals surface area contributed by atoms with Crippen molar-refractivity contribution in [2.75, 3.05) is 5.32 Å². The van der Waals surface area contributed by atoms with Crippen LogP contribution < -0.4 is 5.32 Å². The van der Waals surface area contributed by atoms with Gasteiger partial charge in [-0.15, -0.1) is 0 Å². The van der Waals surface area contributed by atoms with E-state index in [0.29, 0.717) is 11.3 Å². The molecule has 0 aliphatic heterocycles. The van der Waals surface area contributed by atoms with Crippen LogP contribution in [0, 0.1) is 5.82 Å². The number of hydrogen-bond acceptors (Lipinski definition) is 1. The van der Waals surface area contributed by atoms with E-state index in [1.807, 2.05) is 12.1 Å². The topological polar surface area (TPSA) is 29.1 Å². The van der Waals surface area contributed by atoms with Crippen LogP contribution in [0.2, 0.25) is 0 Å². The molecule has 1 amide bonds. The van der Waals surface area contributed by atoms with Crippen molar-refractivity contribution in [3.8, 4) is 0 Å². The maximum atomic E-state index is 12.7. The first-order valence-electron chi connectivity index (χ1n) is 5.08. The van der Waals surface area contributed by atoms with Crippen LogP contribution in [-0.4, -0.2) is 5.91 Å². The quantitative estimate of drug-likeness (QED) is 0.819. The zero-order chi connectivity index (χ0) is 13.1. The summed E-state index contributed by atoms with van der Waals surface area (Å²) in [7, 11) is 0. The molecule has 0 radical (unpaired) electrons. The predicted molar refractivity (Wildman–Crippen MR) is 76.2 cm³/mol. The SMILES string of the molecule is O=C(Nc1ccc(Br)cc1Br)c1ccc(F)cc1. The molecule has 1 N–H and O–H groups in total. The van der Waals surface area contributed by atoms with Crippen LogP contribution in [0.15, 0.2) is 51.4 Å². The number of carbonyl (C=O) groups is 1. The Morgan fingerprint density at radius 1 is 1.06 bits per heavy atom. The summed E-state index contributed by atoms with van der Waals surface area (Å²) < 4.78 is 14.4. The Balaban J connectivity index is 2.18. The van der Waals surface area contributed by atoms with Crippen LogP contribution in [0.5, 0.6) is 0 Å². The second-order valence-corrected chi connectivity index (χ2v) is 5.36. The van der Waals surface area contributed by atoms with Gasteiger partial charge in [0.25, 0.3) is 5.91 Å². The first-order valence-corrected chi connectivity index (χ1v) is 6.67. The lowest BCUT2D eigenvalue weighted by atomic mass is 10.2. The molecule has 0 aromatic heterocycles. The van der Waals surface area contributed by atoms with Crippen LogP contribution in [0.3, 0.4) is 0 Å². The highest BCUT2D eigenvalue weighted by Crippen LogP contribution is 2.26. The smallest absolute Gasteiger partial charge is 0.255 e. The molecule has 2 rings (SSSR count). The maximum Gasteiger partial charge on any atom is 0.255 e. The fourth-order valence-corrected chi connectivity index (χ4v) is 2.53. The fourth-order valence-electron chi connectivity index (χ4n) is 1.39. The second kappa shape index (κ2) is 5.63. The van der Waals surface area contributed by atoms with E-state index in [2.05, 4.69) is 37.2 Å². The van der Waals surface area contributed by atoms with Gasteiger partial charge in [-0.3, -0.25) is 4.79 Å². The molecule has 92 valence electrons. The van der Waals surface area contributed by atoms with E-state index in [1.54, 1.807) is 6.07 Å². The second-order valence-electron chi connectivity index (χ2n) is 3.59. The predicted octanol–water partition coefficient (Wildman–Crippen LogP) is 4.60. The molecule has 0 saturated carbocycles. The largest absolute Gasteiger partial charge is 0.321 e. The number of nitrogens with one attached hydrogen (secondary N) is 1. The Bertz CT molecular complexity index is 584. The summed E-state index contributed by atoms with van der Waals surface area (Å²) in [6.45, 7) is 0. The molecule has 0 bridgehead atoms. The minimum Gasteiger partial charge on any atom is -0.321 e. The molecule has 0 aliphatic rings.